The van der Waals surface area contributed by atoms with Crippen molar-refractivity contribution in [1.82, 2.24) is 4.90 Å². The molecular weight excluding hydrogens is 397 g/mol. The average Bonchev–Trinajstić information content (AvgIpc) is 2.72. The predicted octanol–water partition coefficient (Wildman–Crippen LogP) is 4.63. The number of benzene rings is 2. The summed E-state index contributed by atoms with van der Waals surface area (Å²) in [4.78, 5) is 26.5. The van der Waals surface area contributed by atoms with Crippen molar-refractivity contribution in [3.8, 4) is 5.75 Å². The molecule has 0 radical (unpaired) electrons. The maximum atomic E-state index is 13.8. The monoisotopic (exact) mass is 422 g/mol. The zero-order valence-corrected chi connectivity index (χ0v) is 17.2. The second kappa shape index (κ2) is 10.7. The number of rotatable bonds is 9. The van der Waals surface area contributed by atoms with Crippen LogP contribution in [0.4, 0.5) is 18.9 Å². The summed E-state index contributed by atoms with van der Waals surface area (Å²) in [5.41, 5.74) is -0.150. The summed E-state index contributed by atoms with van der Waals surface area (Å²) < 4.78 is 45.8. The van der Waals surface area contributed by atoms with Crippen LogP contribution in [0.5, 0.6) is 5.75 Å². The molecule has 2 rings (SSSR count). The molecular formula is C22H25F3N2O3. The third kappa shape index (κ3) is 6.23. The van der Waals surface area contributed by atoms with E-state index in [2.05, 4.69) is 5.32 Å². The average molecular weight is 422 g/mol. The third-order valence-electron chi connectivity index (χ3n) is 4.09. The van der Waals surface area contributed by atoms with E-state index in [1.54, 1.807) is 24.3 Å². The van der Waals surface area contributed by atoms with Crippen LogP contribution in [0, 0.1) is 23.4 Å². The van der Waals surface area contributed by atoms with Crippen molar-refractivity contribution in [1.29, 1.82) is 0 Å². The van der Waals surface area contributed by atoms with Crippen molar-refractivity contribution in [3.05, 3.63) is 59.4 Å². The fourth-order valence-corrected chi connectivity index (χ4v) is 2.67. The van der Waals surface area contributed by atoms with Gasteiger partial charge < -0.3 is 15.0 Å². The lowest BCUT2D eigenvalue weighted by Crippen LogP contribution is -2.38. The van der Waals surface area contributed by atoms with E-state index in [0.29, 0.717) is 36.3 Å². The highest BCUT2D eigenvalue weighted by Crippen LogP contribution is 2.20. The molecule has 0 aromatic heterocycles. The highest BCUT2D eigenvalue weighted by Gasteiger charge is 2.21. The molecule has 0 atom stereocenters. The van der Waals surface area contributed by atoms with E-state index in [4.69, 9.17) is 4.74 Å². The van der Waals surface area contributed by atoms with E-state index in [1.807, 2.05) is 20.8 Å². The molecule has 0 saturated carbocycles. The van der Waals surface area contributed by atoms with E-state index in [9.17, 15) is 22.8 Å². The molecule has 5 nitrogen and oxygen atoms in total. The molecule has 2 aromatic carbocycles. The zero-order valence-electron chi connectivity index (χ0n) is 17.2. The number of anilines is 1. The Hall–Kier alpha value is -3.03. The van der Waals surface area contributed by atoms with Gasteiger partial charge >= 0.3 is 0 Å². The molecule has 0 fully saturated rings. The van der Waals surface area contributed by atoms with Crippen LogP contribution < -0.4 is 10.1 Å². The molecule has 0 spiro atoms. The van der Waals surface area contributed by atoms with Gasteiger partial charge in [-0.2, -0.15) is 0 Å². The summed E-state index contributed by atoms with van der Waals surface area (Å²) in [6, 6.07) is 8.27. The number of hydrogen-bond donors (Lipinski definition) is 1. The number of nitrogens with zero attached hydrogens (tertiary/aromatic N) is 1. The minimum Gasteiger partial charge on any atom is -0.493 e. The predicted molar refractivity (Wildman–Crippen MR) is 108 cm³/mol. The van der Waals surface area contributed by atoms with Crippen molar-refractivity contribution in [3.63, 3.8) is 0 Å². The van der Waals surface area contributed by atoms with Crippen molar-refractivity contribution in [2.75, 3.05) is 25.0 Å². The van der Waals surface area contributed by atoms with E-state index in [0.717, 1.165) is 6.07 Å². The van der Waals surface area contributed by atoms with Crippen LogP contribution in [0.1, 0.15) is 37.6 Å². The Bertz CT molecular complexity index is 903. The fourth-order valence-electron chi connectivity index (χ4n) is 2.67. The highest BCUT2D eigenvalue weighted by atomic mass is 19.2. The standard InChI is InChI=1S/C22H25F3N2O3/c1-4-10-27(12-19(28)26-18-9-8-17(23)20(24)21(18)25)22(29)15-6-5-7-16(11-15)30-13-14(2)3/h5-9,11,14H,4,10,12-13H2,1-3H3,(H,26,28). The molecule has 2 amide bonds. The summed E-state index contributed by atoms with van der Waals surface area (Å²) in [5.74, 6) is -4.78. The topological polar surface area (TPSA) is 58.6 Å². The fraction of sp³-hybridized carbons (Fsp3) is 0.364. The Labute approximate surface area is 173 Å². The van der Waals surface area contributed by atoms with E-state index >= 15 is 0 Å². The van der Waals surface area contributed by atoms with E-state index < -0.39 is 35.0 Å². The van der Waals surface area contributed by atoms with Gasteiger partial charge in [-0.05, 0) is 42.7 Å². The Morgan fingerprint density at radius 3 is 2.50 bits per heavy atom. The van der Waals surface area contributed by atoms with Crippen LogP contribution in [0.15, 0.2) is 36.4 Å². The molecule has 2 aromatic rings. The molecule has 30 heavy (non-hydrogen) atoms. The first-order valence-corrected chi connectivity index (χ1v) is 9.68. The Balaban J connectivity index is 2.11. The Morgan fingerprint density at radius 1 is 1.10 bits per heavy atom. The first-order chi connectivity index (χ1) is 14.2. The summed E-state index contributed by atoms with van der Waals surface area (Å²) >= 11 is 0. The molecule has 0 aliphatic heterocycles. The van der Waals surface area contributed by atoms with Gasteiger partial charge in [0.05, 0.1) is 12.3 Å². The number of amides is 2. The zero-order chi connectivity index (χ0) is 22.3. The van der Waals surface area contributed by atoms with Crippen molar-refractivity contribution in [2.24, 2.45) is 5.92 Å². The summed E-state index contributed by atoms with van der Waals surface area (Å²) in [6.07, 6.45) is 0.585. The molecule has 0 aliphatic carbocycles. The molecule has 8 heteroatoms. The minimum atomic E-state index is -1.67. The van der Waals surface area contributed by atoms with Crippen LogP contribution in [0.25, 0.3) is 0 Å². The molecule has 0 unspecified atom stereocenters. The van der Waals surface area contributed by atoms with Gasteiger partial charge in [0.1, 0.15) is 12.3 Å². The molecule has 162 valence electrons. The SMILES string of the molecule is CCCN(CC(=O)Nc1ccc(F)c(F)c1F)C(=O)c1cccc(OCC(C)C)c1. The van der Waals surface area contributed by atoms with Crippen molar-refractivity contribution < 1.29 is 27.5 Å². The van der Waals surface area contributed by atoms with Gasteiger partial charge in [-0.3, -0.25) is 9.59 Å². The van der Waals surface area contributed by atoms with Crippen molar-refractivity contribution >= 4 is 17.5 Å². The quantitative estimate of drug-likeness (QED) is 0.600. The molecule has 0 saturated heterocycles. The normalized spacial score (nSPS) is 10.8. The number of hydrogen-bond acceptors (Lipinski definition) is 3. The van der Waals surface area contributed by atoms with Gasteiger partial charge in [0.25, 0.3) is 5.91 Å². The van der Waals surface area contributed by atoms with Crippen LogP contribution in [0.2, 0.25) is 0 Å². The summed E-state index contributed by atoms with van der Waals surface area (Å²) in [5, 5.41) is 2.18. The largest absolute Gasteiger partial charge is 0.493 e. The molecule has 0 bridgehead atoms. The Kier molecular flexibility index (Phi) is 8.26. The molecule has 0 heterocycles. The van der Waals surface area contributed by atoms with E-state index in [-0.39, 0.29) is 13.1 Å². The van der Waals surface area contributed by atoms with Crippen LogP contribution in [-0.2, 0) is 4.79 Å². The highest BCUT2D eigenvalue weighted by molar-refractivity contribution is 5.99. The van der Waals surface area contributed by atoms with Gasteiger partial charge in [-0.15, -0.1) is 0 Å². The minimum absolute atomic E-state index is 0.281. The van der Waals surface area contributed by atoms with Crippen LogP contribution >= 0.6 is 0 Å². The summed E-state index contributed by atoms with van der Waals surface area (Å²) in [6.45, 7) is 6.26. The van der Waals surface area contributed by atoms with E-state index in [1.165, 1.54) is 4.90 Å². The molecule has 0 aliphatic rings. The number of nitrogens with one attached hydrogen (secondary N) is 1. The van der Waals surface area contributed by atoms with Gasteiger partial charge in [0, 0.05) is 12.1 Å². The first-order valence-electron chi connectivity index (χ1n) is 9.68. The van der Waals surface area contributed by atoms with Crippen molar-refractivity contribution in [2.45, 2.75) is 27.2 Å². The maximum Gasteiger partial charge on any atom is 0.254 e. The second-order valence-electron chi connectivity index (χ2n) is 7.23. The second-order valence-corrected chi connectivity index (χ2v) is 7.23. The maximum absolute atomic E-state index is 13.8. The lowest BCUT2D eigenvalue weighted by atomic mass is 10.1. The van der Waals surface area contributed by atoms with Gasteiger partial charge in [0.2, 0.25) is 5.91 Å². The number of carbonyl (C=O) groups excluding carboxylic acids is 2. The van der Waals surface area contributed by atoms with Crippen LogP contribution in [0.3, 0.4) is 0 Å². The number of halogens is 3. The molecule has 1 N–H and O–H groups in total. The first kappa shape index (κ1) is 23.3. The van der Waals surface area contributed by atoms with Gasteiger partial charge in [-0.25, -0.2) is 13.2 Å². The Morgan fingerprint density at radius 2 is 1.83 bits per heavy atom. The number of carbonyl (C=O) groups is 2. The van der Waals surface area contributed by atoms with Gasteiger partial charge in [-0.1, -0.05) is 26.8 Å². The third-order valence-corrected chi connectivity index (χ3v) is 4.09. The van der Waals surface area contributed by atoms with Gasteiger partial charge in [0.15, 0.2) is 17.5 Å². The summed E-state index contributed by atoms with van der Waals surface area (Å²) in [7, 11) is 0. The lowest BCUT2D eigenvalue weighted by molar-refractivity contribution is -0.116. The smallest absolute Gasteiger partial charge is 0.254 e. The lowest BCUT2D eigenvalue weighted by Gasteiger charge is -2.22. The number of ether oxygens (including phenoxy) is 1. The van der Waals surface area contributed by atoms with Crippen LogP contribution in [-0.4, -0.2) is 36.4 Å².